The second-order valence-corrected chi connectivity index (χ2v) is 5.30. The molecular formula is C14H24N4. The number of pyridine rings is 1. The van der Waals surface area contributed by atoms with Gasteiger partial charge in [-0.15, -0.1) is 0 Å². The predicted octanol–water partition coefficient (Wildman–Crippen LogP) is 2.20. The van der Waals surface area contributed by atoms with Crippen LogP contribution >= 0.6 is 0 Å². The number of hydrogen-bond donors (Lipinski definition) is 2. The molecule has 0 aromatic carbocycles. The van der Waals surface area contributed by atoms with Gasteiger partial charge in [-0.2, -0.15) is 0 Å². The van der Waals surface area contributed by atoms with Crippen molar-refractivity contribution in [1.82, 2.24) is 9.88 Å². The van der Waals surface area contributed by atoms with Crippen molar-refractivity contribution >= 4 is 11.6 Å². The van der Waals surface area contributed by atoms with E-state index in [1.54, 1.807) is 0 Å². The molecule has 2 heterocycles. The van der Waals surface area contributed by atoms with Crippen LogP contribution in [0.25, 0.3) is 0 Å². The normalized spacial score (nSPS) is 18.5. The van der Waals surface area contributed by atoms with Gasteiger partial charge in [0.25, 0.3) is 0 Å². The first-order chi connectivity index (χ1) is 8.74. The Hall–Kier alpha value is -1.29. The van der Waals surface area contributed by atoms with Gasteiger partial charge >= 0.3 is 0 Å². The van der Waals surface area contributed by atoms with Gasteiger partial charge in [0, 0.05) is 13.1 Å². The van der Waals surface area contributed by atoms with E-state index in [1.807, 2.05) is 18.2 Å². The lowest BCUT2D eigenvalue weighted by molar-refractivity contribution is 0.204. The van der Waals surface area contributed by atoms with Crippen LogP contribution in [0.4, 0.5) is 11.6 Å². The Morgan fingerprint density at radius 1 is 1.33 bits per heavy atom. The van der Waals surface area contributed by atoms with Crippen molar-refractivity contribution in [3.63, 3.8) is 0 Å². The van der Waals surface area contributed by atoms with Crippen molar-refractivity contribution in [1.29, 1.82) is 0 Å². The van der Waals surface area contributed by atoms with Gasteiger partial charge in [-0.05, 0) is 44.0 Å². The maximum absolute atomic E-state index is 5.66. The number of aromatic nitrogens is 1. The molecule has 0 spiro atoms. The number of likely N-dealkylation sites (tertiary alicyclic amines) is 1. The minimum absolute atomic E-state index is 0.573. The average Bonchev–Trinajstić information content (AvgIpc) is 2.38. The van der Waals surface area contributed by atoms with Gasteiger partial charge in [-0.25, -0.2) is 4.98 Å². The summed E-state index contributed by atoms with van der Waals surface area (Å²) >= 11 is 0. The highest BCUT2D eigenvalue weighted by Crippen LogP contribution is 2.12. The summed E-state index contributed by atoms with van der Waals surface area (Å²) in [7, 11) is 0. The maximum Gasteiger partial charge on any atom is 0.128 e. The molecule has 0 bridgehead atoms. The molecule has 0 amide bonds. The van der Waals surface area contributed by atoms with E-state index in [2.05, 4.69) is 22.1 Å². The molecule has 1 unspecified atom stereocenters. The molecule has 1 fully saturated rings. The van der Waals surface area contributed by atoms with Crippen molar-refractivity contribution in [2.45, 2.75) is 26.2 Å². The van der Waals surface area contributed by atoms with Gasteiger partial charge in [0.2, 0.25) is 0 Å². The van der Waals surface area contributed by atoms with E-state index >= 15 is 0 Å². The minimum Gasteiger partial charge on any atom is -0.384 e. The van der Waals surface area contributed by atoms with Crippen LogP contribution in [0.15, 0.2) is 18.2 Å². The zero-order valence-electron chi connectivity index (χ0n) is 11.2. The highest BCUT2D eigenvalue weighted by atomic mass is 15.1. The number of piperidine rings is 1. The minimum atomic E-state index is 0.573. The number of anilines is 2. The van der Waals surface area contributed by atoms with Crippen LogP contribution in [-0.2, 0) is 0 Å². The van der Waals surface area contributed by atoms with Gasteiger partial charge in [0.05, 0.1) is 0 Å². The van der Waals surface area contributed by atoms with Gasteiger partial charge in [0.15, 0.2) is 0 Å². The summed E-state index contributed by atoms with van der Waals surface area (Å²) in [6.07, 6.45) is 4.12. The maximum atomic E-state index is 5.66. The van der Waals surface area contributed by atoms with E-state index in [1.165, 1.54) is 38.9 Å². The zero-order chi connectivity index (χ0) is 12.8. The van der Waals surface area contributed by atoms with Gasteiger partial charge in [-0.3, -0.25) is 0 Å². The second kappa shape index (κ2) is 6.59. The molecule has 100 valence electrons. The fourth-order valence-electron chi connectivity index (χ4n) is 2.48. The summed E-state index contributed by atoms with van der Waals surface area (Å²) in [5, 5.41) is 3.36. The molecule has 0 radical (unpaired) electrons. The molecule has 1 atom stereocenters. The number of rotatable bonds is 5. The smallest absolute Gasteiger partial charge is 0.128 e. The molecular weight excluding hydrogens is 224 g/mol. The predicted molar refractivity (Wildman–Crippen MR) is 76.6 cm³/mol. The molecule has 1 aromatic heterocycles. The Morgan fingerprint density at radius 2 is 2.11 bits per heavy atom. The summed E-state index contributed by atoms with van der Waals surface area (Å²) in [5.74, 6) is 2.08. The fraction of sp³-hybridized carbons (Fsp3) is 0.643. The van der Waals surface area contributed by atoms with Crippen LogP contribution in [0.3, 0.4) is 0 Å². The number of nitrogens with one attached hydrogen (secondary N) is 1. The summed E-state index contributed by atoms with van der Waals surface area (Å²) in [6, 6.07) is 5.70. The number of nitrogens with zero attached hydrogens (tertiary/aromatic N) is 2. The zero-order valence-corrected chi connectivity index (χ0v) is 11.2. The van der Waals surface area contributed by atoms with Crippen molar-refractivity contribution in [2.75, 3.05) is 37.2 Å². The molecule has 1 aliphatic rings. The molecule has 1 aromatic rings. The third kappa shape index (κ3) is 4.18. The monoisotopic (exact) mass is 248 g/mol. The quantitative estimate of drug-likeness (QED) is 0.839. The van der Waals surface area contributed by atoms with E-state index in [-0.39, 0.29) is 0 Å². The van der Waals surface area contributed by atoms with Gasteiger partial charge in [-0.1, -0.05) is 19.4 Å². The Labute approximate surface area is 110 Å². The van der Waals surface area contributed by atoms with E-state index < -0.39 is 0 Å². The van der Waals surface area contributed by atoms with Gasteiger partial charge < -0.3 is 16.0 Å². The third-order valence-electron chi connectivity index (χ3n) is 3.42. The Bertz CT molecular complexity index is 361. The number of nitrogens with two attached hydrogens (primary N) is 1. The van der Waals surface area contributed by atoms with Crippen molar-refractivity contribution < 1.29 is 0 Å². The molecule has 0 saturated carbocycles. The van der Waals surface area contributed by atoms with E-state index in [0.717, 1.165) is 12.4 Å². The van der Waals surface area contributed by atoms with Crippen molar-refractivity contribution in [3.05, 3.63) is 18.2 Å². The first kappa shape index (κ1) is 13.1. The summed E-state index contributed by atoms with van der Waals surface area (Å²) in [6.45, 7) is 6.94. The van der Waals surface area contributed by atoms with Crippen LogP contribution in [-0.4, -0.2) is 36.1 Å². The first-order valence-electron chi connectivity index (χ1n) is 6.93. The SMILES string of the molecule is CC(CNc1cccc(N)n1)CN1CCCCC1. The lowest BCUT2D eigenvalue weighted by Crippen LogP contribution is -2.35. The molecule has 18 heavy (non-hydrogen) atoms. The Kier molecular flexibility index (Phi) is 4.81. The molecule has 4 heteroatoms. The summed E-state index contributed by atoms with van der Waals surface area (Å²) < 4.78 is 0. The van der Waals surface area contributed by atoms with Crippen molar-refractivity contribution in [3.8, 4) is 0 Å². The molecule has 2 rings (SSSR count). The Morgan fingerprint density at radius 3 is 2.83 bits per heavy atom. The van der Waals surface area contributed by atoms with Crippen LogP contribution in [0, 0.1) is 5.92 Å². The molecule has 0 aliphatic carbocycles. The number of nitrogen functional groups attached to an aromatic ring is 1. The van der Waals surface area contributed by atoms with Crippen molar-refractivity contribution in [2.24, 2.45) is 5.92 Å². The molecule has 1 aliphatic heterocycles. The van der Waals surface area contributed by atoms with E-state index in [4.69, 9.17) is 5.73 Å². The highest BCUT2D eigenvalue weighted by Gasteiger charge is 2.13. The van der Waals surface area contributed by atoms with Crippen LogP contribution in [0.1, 0.15) is 26.2 Å². The standard InChI is InChI=1S/C14H24N4/c1-12(11-18-8-3-2-4-9-18)10-16-14-7-5-6-13(15)17-14/h5-7,12H,2-4,8-11H2,1H3,(H3,15,16,17). The number of hydrogen-bond acceptors (Lipinski definition) is 4. The molecule has 4 nitrogen and oxygen atoms in total. The fourth-order valence-corrected chi connectivity index (χ4v) is 2.48. The second-order valence-electron chi connectivity index (χ2n) is 5.30. The van der Waals surface area contributed by atoms with E-state index in [9.17, 15) is 0 Å². The molecule has 1 saturated heterocycles. The van der Waals surface area contributed by atoms with Crippen LogP contribution in [0.5, 0.6) is 0 Å². The Balaban J connectivity index is 1.72. The average molecular weight is 248 g/mol. The largest absolute Gasteiger partial charge is 0.384 e. The van der Waals surface area contributed by atoms with Crippen LogP contribution < -0.4 is 11.1 Å². The topological polar surface area (TPSA) is 54.2 Å². The lowest BCUT2D eigenvalue weighted by Gasteiger charge is -2.29. The van der Waals surface area contributed by atoms with E-state index in [0.29, 0.717) is 11.7 Å². The molecule has 3 N–H and O–H groups in total. The summed E-state index contributed by atoms with van der Waals surface area (Å²) in [5.41, 5.74) is 5.66. The highest BCUT2D eigenvalue weighted by molar-refractivity contribution is 5.42. The van der Waals surface area contributed by atoms with Gasteiger partial charge in [0.1, 0.15) is 11.6 Å². The first-order valence-corrected chi connectivity index (χ1v) is 6.93. The lowest BCUT2D eigenvalue weighted by atomic mass is 10.1. The van der Waals surface area contributed by atoms with Crippen LogP contribution in [0.2, 0.25) is 0 Å². The third-order valence-corrected chi connectivity index (χ3v) is 3.42. The summed E-state index contributed by atoms with van der Waals surface area (Å²) in [4.78, 5) is 6.82.